The number of benzene rings is 1. The van der Waals surface area contributed by atoms with Crippen LogP contribution < -0.4 is 20.9 Å². The second kappa shape index (κ2) is 7.13. The van der Waals surface area contributed by atoms with Gasteiger partial charge in [0.25, 0.3) is 11.5 Å². The van der Waals surface area contributed by atoms with Crippen molar-refractivity contribution in [1.82, 2.24) is 9.55 Å². The van der Waals surface area contributed by atoms with Crippen molar-refractivity contribution in [3.05, 3.63) is 43.9 Å². The number of nitrogens with one attached hydrogen (secondary N) is 1. The smallest absolute Gasteiger partial charge is 0.329 e. The zero-order valence-electron chi connectivity index (χ0n) is 17.8. The monoisotopic (exact) mass is 451 g/mol. The van der Waals surface area contributed by atoms with Crippen LogP contribution in [-0.2, 0) is 0 Å². The van der Waals surface area contributed by atoms with Crippen molar-refractivity contribution < 1.29 is 23.0 Å². The topological polar surface area (TPSA) is 87.6 Å². The van der Waals surface area contributed by atoms with Gasteiger partial charge in [-0.1, -0.05) is 6.08 Å². The second-order valence-corrected chi connectivity index (χ2v) is 8.92. The van der Waals surface area contributed by atoms with E-state index in [-0.39, 0.29) is 42.4 Å². The molecule has 2 unspecified atom stereocenters. The molecule has 0 spiro atoms. The number of hydrogen-bond donors (Lipinski definition) is 2. The maximum absolute atomic E-state index is 15.7. The first-order valence-corrected chi connectivity index (χ1v) is 10.7. The number of allylic oxidation sites excluding steroid dienone is 1. The van der Waals surface area contributed by atoms with E-state index < -0.39 is 41.4 Å². The van der Waals surface area contributed by atoms with Gasteiger partial charge in [0, 0.05) is 37.0 Å². The van der Waals surface area contributed by atoms with E-state index in [9.17, 15) is 23.5 Å². The number of aliphatic hydroxyl groups excluding tert-OH is 1. The van der Waals surface area contributed by atoms with Gasteiger partial charge in [0.2, 0.25) is 0 Å². The van der Waals surface area contributed by atoms with Gasteiger partial charge in [-0.05, 0) is 31.8 Å². The molecule has 10 heteroatoms. The van der Waals surface area contributed by atoms with E-state index >= 15 is 4.39 Å². The van der Waals surface area contributed by atoms with Crippen LogP contribution in [-0.4, -0.2) is 46.9 Å². The van der Waals surface area contributed by atoms with Gasteiger partial charge in [0.1, 0.15) is 11.5 Å². The highest BCUT2D eigenvalue weighted by atomic mass is 19.3. The number of halogens is 3. The molecule has 0 radical (unpaired) electrons. The minimum atomic E-state index is -3.23. The number of H-pyrrole nitrogens is 1. The molecule has 1 saturated heterocycles. The van der Waals surface area contributed by atoms with E-state index in [1.165, 1.54) is 11.7 Å². The number of fused-ring (bicyclic) bond motifs is 2. The molecule has 2 aliphatic carbocycles. The third-order valence-corrected chi connectivity index (χ3v) is 6.89. The van der Waals surface area contributed by atoms with Crippen LogP contribution in [0.3, 0.4) is 0 Å². The highest BCUT2D eigenvalue weighted by molar-refractivity contribution is 5.93. The first kappa shape index (κ1) is 21.1. The highest BCUT2D eigenvalue weighted by Gasteiger charge is 2.48. The molecular formula is C22H24F3N3O4. The molecule has 0 amide bonds. The number of aliphatic hydroxyl groups is 1. The van der Waals surface area contributed by atoms with Gasteiger partial charge in [0.15, 0.2) is 11.6 Å². The first-order chi connectivity index (χ1) is 15.2. The van der Waals surface area contributed by atoms with Gasteiger partial charge in [-0.15, -0.1) is 0 Å². The number of methoxy groups -OCH3 is 1. The number of nitrogens with zero attached hydrogens (tertiary/aromatic N) is 2. The molecular weight excluding hydrogens is 427 g/mol. The quantitative estimate of drug-likeness (QED) is 0.701. The molecule has 1 aromatic heterocycles. The Morgan fingerprint density at radius 1 is 1.28 bits per heavy atom. The third-order valence-electron chi connectivity index (χ3n) is 6.89. The van der Waals surface area contributed by atoms with Crippen molar-refractivity contribution >= 4 is 16.6 Å². The number of aromatic nitrogens is 2. The molecule has 2 fully saturated rings. The van der Waals surface area contributed by atoms with Crippen LogP contribution in [0.2, 0.25) is 0 Å². The number of rotatable bonds is 3. The molecule has 172 valence electrons. The van der Waals surface area contributed by atoms with E-state index in [0.29, 0.717) is 16.7 Å². The highest BCUT2D eigenvalue weighted by Crippen LogP contribution is 2.45. The summed E-state index contributed by atoms with van der Waals surface area (Å²) in [6.07, 6.45) is 1.06. The van der Waals surface area contributed by atoms with Crippen molar-refractivity contribution in [1.29, 1.82) is 0 Å². The number of ether oxygens (including phenoxy) is 1. The maximum atomic E-state index is 15.7. The molecule has 5 rings (SSSR count). The molecule has 2 N–H and O–H groups in total. The standard InChI is InChI=1S/C22H24F3N3O4/c1-10-16-14(20(30)26-21(31)28(16)12-5-6-12)18(32-2)15(23)17(10)27-8-11-4-3-7-22(24,25)19(29)13(11)9-27/h4,12-13,19,29H,3,5-9H2,1-2H3,(H,26,30,31). The van der Waals surface area contributed by atoms with Crippen LogP contribution in [0.5, 0.6) is 5.75 Å². The predicted molar refractivity (Wildman–Crippen MR) is 112 cm³/mol. The number of hydrogen-bond acceptors (Lipinski definition) is 5. The molecule has 3 aliphatic rings. The summed E-state index contributed by atoms with van der Waals surface area (Å²) in [5.41, 5.74) is 0.0816. The van der Waals surface area contributed by atoms with Gasteiger partial charge >= 0.3 is 5.69 Å². The van der Waals surface area contributed by atoms with E-state index in [1.54, 1.807) is 17.9 Å². The van der Waals surface area contributed by atoms with Crippen LogP contribution >= 0.6 is 0 Å². The summed E-state index contributed by atoms with van der Waals surface area (Å²) in [4.78, 5) is 29.1. The Hall–Kier alpha value is -2.75. The van der Waals surface area contributed by atoms with Crippen LogP contribution in [0.1, 0.15) is 37.3 Å². The van der Waals surface area contributed by atoms with Gasteiger partial charge in [-0.25, -0.2) is 18.0 Å². The fraction of sp³-hybridized carbons (Fsp3) is 0.545. The molecule has 0 bridgehead atoms. The SMILES string of the molecule is COc1c(F)c(N2CC3=CCCC(F)(F)C(O)C3C2)c(C)c2c1c(=O)[nH]c(=O)n2C1CC1. The van der Waals surface area contributed by atoms with Gasteiger partial charge in [-0.3, -0.25) is 14.3 Å². The summed E-state index contributed by atoms with van der Waals surface area (Å²) in [5.74, 6) is -5.14. The average Bonchev–Trinajstić information content (AvgIpc) is 3.49. The Labute approximate surface area is 181 Å². The number of aryl methyl sites for hydroxylation is 1. The lowest BCUT2D eigenvalue weighted by atomic mass is 9.94. The molecule has 1 aromatic carbocycles. The van der Waals surface area contributed by atoms with Gasteiger partial charge in [-0.2, -0.15) is 0 Å². The fourth-order valence-corrected chi connectivity index (χ4v) is 5.21. The zero-order valence-corrected chi connectivity index (χ0v) is 17.8. The Bertz CT molecular complexity index is 1260. The fourth-order valence-electron chi connectivity index (χ4n) is 5.21. The Kier molecular flexibility index (Phi) is 4.70. The average molecular weight is 451 g/mol. The lowest BCUT2D eigenvalue weighted by molar-refractivity contribution is -0.124. The maximum Gasteiger partial charge on any atom is 0.329 e. The van der Waals surface area contributed by atoms with Crippen molar-refractivity contribution in [2.24, 2.45) is 5.92 Å². The van der Waals surface area contributed by atoms with E-state index in [4.69, 9.17) is 4.74 Å². The van der Waals surface area contributed by atoms with E-state index in [2.05, 4.69) is 4.98 Å². The van der Waals surface area contributed by atoms with Crippen molar-refractivity contribution in [2.75, 3.05) is 25.1 Å². The zero-order chi connectivity index (χ0) is 22.9. The molecule has 7 nitrogen and oxygen atoms in total. The largest absolute Gasteiger partial charge is 0.493 e. The summed E-state index contributed by atoms with van der Waals surface area (Å²) < 4.78 is 51.0. The lowest BCUT2D eigenvalue weighted by Crippen LogP contribution is -2.40. The van der Waals surface area contributed by atoms with Crippen LogP contribution in [0.4, 0.5) is 18.9 Å². The Balaban J connectivity index is 1.72. The van der Waals surface area contributed by atoms with Crippen LogP contribution in [0.15, 0.2) is 21.2 Å². The molecule has 2 atom stereocenters. The minimum absolute atomic E-state index is 0.00807. The number of alkyl halides is 2. The molecule has 32 heavy (non-hydrogen) atoms. The third kappa shape index (κ3) is 2.99. The first-order valence-electron chi connectivity index (χ1n) is 10.7. The Morgan fingerprint density at radius 2 is 2.00 bits per heavy atom. The number of aromatic amines is 1. The summed E-state index contributed by atoms with van der Waals surface area (Å²) >= 11 is 0. The van der Waals surface area contributed by atoms with Gasteiger partial charge in [0.05, 0.1) is 18.3 Å². The molecule has 2 aromatic rings. The minimum Gasteiger partial charge on any atom is -0.493 e. The summed E-state index contributed by atoms with van der Waals surface area (Å²) in [5, 5.41) is 10.3. The predicted octanol–water partition coefficient (Wildman–Crippen LogP) is 2.63. The lowest BCUT2D eigenvalue weighted by Gasteiger charge is -2.28. The summed E-state index contributed by atoms with van der Waals surface area (Å²) in [6.45, 7) is 1.78. The van der Waals surface area contributed by atoms with E-state index in [1.807, 2.05) is 0 Å². The molecule has 1 saturated carbocycles. The van der Waals surface area contributed by atoms with Crippen LogP contribution in [0, 0.1) is 18.7 Å². The van der Waals surface area contributed by atoms with Gasteiger partial charge < -0.3 is 14.7 Å². The number of anilines is 1. The van der Waals surface area contributed by atoms with Crippen molar-refractivity contribution in [2.45, 2.75) is 50.7 Å². The summed E-state index contributed by atoms with van der Waals surface area (Å²) in [6, 6.07) is -0.100. The van der Waals surface area contributed by atoms with Crippen molar-refractivity contribution in [3.63, 3.8) is 0 Å². The summed E-state index contributed by atoms with van der Waals surface area (Å²) in [7, 11) is 1.24. The van der Waals surface area contributed by atoms with Crippen molar-refractivity contribution in [3.8, 4) is 5.75 Å². The molecule has 1 aliphatic heterocycles. The second-order valence-electron chi connectivity index (χ2n) is 8.92. The van der Waals surface area contributed by atoms with E-state index in [0.717, 1.165) is 12.8 Å². The normalized spacial score (nSPS) is 24.9. The van der Waals surface area contributed by atoms with Crippen LogP contribution in [0.25, 0.3) is 10.9 Å². The Morgan fingerprint density at radius 3 is 2.66 bits per heavy atom. The molecule has 2 heterocycles.